The maximum absolute atomic E-state index is 13.1. The number of rotatable bonds is 11. The van der Waals surface area contributed by atoms with Gasteiger partial charge < -0.3 is 25.2 Å². The lowest BCUT2D eigenvalue weighted by Gasteiger charge is -2.46. The third-order valence-corrected chi connectivity index (χ3v) is 9.35. The minimum Gasteiger partial charge on any atom is -0.394 e. The van der Waals surface area contributed by atoms with Gasteiger partial charge in [0, 0.05) is 23.3 Å². The largest absolute Gasteiger partial charge is 0.394 e. The van der Waals surface area contributed by atoms with E-state index < -0.39 is 6.04 Å². The van der Waals surface area contributed by atoms with Crippen LogP contribution in [0.3, 0.4) is 0 Å². The van der Waals surface area contributed by atoms with Crippen molar-refractivity contribution in [2.75, 3.05) is 36.9 Å². The van der Waals surface area contributed by atoms with Gasteiger partial charge in [0.05, 0.1) is 30.1 Å². The fraction of sp³-hybridized carbons (Fsp3) is 0.382. The highest BCUT2D eigenvalue weighted by Gasteiger charge is 2.44. The first-order valence-electron chi connectivity index (χ1n) is 15.9. The van der Waals surface area contributed by atoms with Crippen molar-refractivity contribution < 1.29 is 9.63 Å². The summed E-state index contributed by atoms with van der Waals surface area (Å²) in [7, 11) is 0. The average molecular weight is 622 g/mol. The molecule has 0 spiro atoms. The number of allylic oxidation sites excluding steroid dienone is 1. The van der Waals surface area contributed by atoms with E-state index in [0.29, 0.717) is 35.2 Å². The highest BCUT2D eigenvalue weighted by Crippen LogP contribution is 2.42. The van der Waals surface area contributed by atoms with Crippen LogP contribution in [-0.2, 0) is 12.0 Å². The first-order valence-corrected chi connectivity index (χ1v) is 15.9. The first kappa shape index (κ1) is 29.9. The molecule has 0 saturated carbocycles. The summed E-state index contributed by atoms with van der Waals surface area (Å²) in [6.07, 6.45) is 6.44. The van der Waals surface area contributed by atoms with Gasteiger partial charge in [-0.15, -0.1) is 6.58 Å². The molecule has 3 N–H and O–H groups in total. The van der Waals surface area contributed by atoms with Crippen LogP contribution in [0.1, 0.15) is 56.6 Å². The van der Waals surface area contributed by atoms with Gasteiger partial charge in [0.15, 0.2) is 5.82 Å². The number of hydrogen-bond donors (Lipinski definition) is 3. The van der Waals surface area contributed by atoms with E-state index in [9.17, 15) is 9.90 Å². The predicted molar refractivity (Wildman–Crippen MR) is 177 cm³/mol. The highest BCUT2D eigenvalue weighted by atomic mass is 16.5. The quantitative estimate of drug-likeness (QED) is 0.172. The van der Waals surface area contributed by atoms with Gasteiger partial charge in [-0.25, -0.2) is 9.67 Å². The van der Waals surface area contributed by atoms with Gasteiger partial charge in [-0.2, -0.15) is 9.97 Å². The van der Waals surface area contributed by atoms with Gasteiger partial charge in [0.2, 0.25) is 5.95 Å². The molecule has 46 heavy (non-hydrogen) atoms. The van der Waals surface area contributed by atoms with Crippen molar-refractivity contribution in [3.05, 3.63) is 89.1 Å². The van der Waals surface area contributed by atoms with Crippen LogP contribution < -0.4 is 16.2 Å². The Labute approximate surface area is 266 Å². The Morgan fingerprint density at radius 2 is 1.85 bits per heavy atom. The predicted octanol–water partition coefficient (Wildman–Crippen LogP) is 5.04. The Morgan fingerprint density at radius 1 is 1.09 bits per heavy atom. The van der Waals surface area contributed by atoms with Crippen molar-refractivity contribution >= 4 is 28.4 Å². The Balaban J connectivity index is 1.25. The van der Waals surface area contributed by atoms with E-state index in [2.05, 4.69) is 32.3 Å². The monoisotopic (exact) mass is 621 g/mol. The zero-order valence-corrected chi connectivity index (χ0v) is 26.2. The summed E-state index contributed by atoms with van der Waals surface area (Å²) in [4.78, 5) is 30.0. The van der Waals surface area contributed by atoms with Crippen LogP contribution in [-0.4, -0.2) is 65.7 Å². The number of piperidine rings is 3. The van der Waals surface area contributed by atoms with Gasteiger partial charge in [-0.1, -0.05) is 41.6 Å². The molecule has 238 valence electrons. The van der Waals surface area contributed by atoms with E-state index in [1.807, 2.05) is 67.1 Å². The molecule has 3 aliphatic heterocycles. The lowest BCUT2D eigenvalue weighted by Crippen LogP contribution is -2.51. The lowest BCUT2D eigenvalue weighted by atomic mass is 9.71. The minimum absolute atomic E-state index is 0.0557. The number of aromatic nitrogens is 6. The zero-order chi connectivity index (χ0) is 31.8. The summed E-state index contributed by atoms with van der Waals surface area (Å²) in [6.45, 7) is 11.3. The second-order valence-electron chi connectivity index (χ2n) is 12.5. The number of nitrogens with one attached hydrogen (secondary N) is 2. The molecule has 2 bridgehead atoms. The van der Waals surface area contributed by atoms with E-state index in [1.165, 1.54) is 0 Å². The van der Waals surface area contributed by atoms with E-state index in [0.717, 1.165) is 61.5 Å². The van der Waals surface area contributed by atoms with Crippen molar-refractivity contribution in [3.8, 4) is 11.5 Å². The third kappa shape index (κ3) is 5.37. The number of hydrogen-bond acceptors (Lipinski definition) is 10. The number of aliphatic hydroxyl groups excluding tert-OH is 1. The van der Waals surface area contributed by atoms with Crippen molar-refractivity contribution in [1.82, 2.24) is 34.4 Å². The molecule has 12 nitrogen and oxygen atoms in total. The molecule has 2 aromatic carbocycles. The Morgan fingerprint density at radius 3 is 2.54 bits per heavy atom. The van der Waals surface area contributed by atoms with Gasteiger partial charge in [-0.3, -0.25) is 9.48 Å². The second kappa shape index (κ2) is 12.2. The molecular formula is C34H39N9O3. The molecule has 5 aromatic rings. The van der Waals surface area contributed by atoms with Crippen LogP contribution in [0.15, 0.2) is 76.7 Å². The number of nitrogens with zero attached hydrogens (tertiary/aromatic N) is 7. The van der Waals surface area contributed by atoms with Crippen LogP contribution >= 0.6 is 0 Å². The SMILES string of the molecule is C=CCn1c(=O)c2ccc(Nc3ncc(-c4nc(C56CCN(CC5)CC6)no4)c(N[C@H](CO)c4ccccc4)n3)cc2n1C(C)C. The van der Waals surface area contributed by atoms with Gasteiger partial charge in [0.25, 0.3) is 11.4 Å². The minimum atomic E-state index is -0.437. The zero-order valence-electron chi connectivity index (χ0n) is 26.2. The summed E-state index contributed by atoms with van der Waals surface area (Å²) in [6, 6.07) is 14.9. The van der Waals surface area contributed by atoms with Crippen molar-refractivity contribution in [2.45, 2.75) is 57.2 Å². The molecular weight excluding hydrogens is 582 g/mol. The second-order valence-corrected chi connectivity index (χ2v) is 12.5. The topological polar surface area (TPSA) is 139 Å². The normalized spacial score (nSPS) is 19.9. The molecule has 0 radical (unpaired) electrons. The number of aliphatic hydroxyl groups is 1. The molecule has 0 aliphatic carbocycles. The smallest absolute Gasteiger partial charge is 0.274 e. The summed E-state index contributed by atoms with van der Waals surface area (Å²) in [5.74, 6) is 1.85. The first-order chi connectivity index (χ1) is 22.4. The van der Waals surface area contributed by atoms with Crippen LogP contribution in [0.2, 0.25) is 0 Å². The average Bonchev–Trinajstić information content (AvgIpc) is 3.69. The molecule has 6 heterocycles. The van der Waals surface area contributed by atoms with Crippen molar-refractivity contribution in [3.63, 3.8) is 0 Å². The summed E-state index contributed by atoms with van der Waals surface area (Å²) in [5, 5.41) is 22.2. The fourth-order valence-corrected chi connectivity index (χ4v) is 6.83. The number of fused-ring (bicyclic) bond motifs is 4. The van der Waals surface area contributed by atoms with Gasteiger partial charge in [-0.05, 0) is 76.5 Å². The molecule has 3 saturated heterocycles. The summed E-state index contributed by atoms with van der Waals surface area (Å²) >= 11 is 0. The van der Waals surface area contributed by atoms with E-state index in [4.69, 9.17) is 14.5 Å². The van der Waals surface area contributed by atoms with Crippen LogP contribution in [0.5, 0.6) is 0 Å². The van der Waals surface area contributed by atoms with E-state index in [-0.39, 0.29) is 23.6 Å². The van der Waals surface area contributed by atoms with Gasteiger partial charge >= 0.3 is 0 Å². The van der Waals surface area contributed by atoms with Crippen molar-refractivity contribution in [1.29, 1.82) is 0 Å². The maximum Gasteiger partial charge on any atom is 0.274 e. The molecule has 3 fully saturated rings. The van der Waals surface area contributed by atoms with E-state index >= 15 is 0 Å². The molecule has 3 aromatic heterocycles. The highest BCUT2D eigenvalue weighted by molar-refractivity contribution is 5.83. The molecule has 1 atom stereocenters. The van der Waals surface area contributed by atoms with Gasteiger partial charge in [0.1, 0.15) is 11.4 Å². The molecule has 0 amide bonds. The Bertz CT molecular complexity index is 1910. The Kier molecular flexibility index (Phi) is 7.91. The summed E-state index contributed by atoms with van der Waals surface area (Å²) < 4.78 is 9.55. The maximum atomic E-state index is 13.1. The molecule has 8 rings (SSSR count). The fourth-order valence-electron chi connectivity index (χ4n) is 6.83. The van der Waals surface area contributed by atoms with Crippen LogP contribution in [0.4, 0.5) is 17.5 Å². The summed E-state index contributed by atoms with van der Waals surface area (Å²) in [5.41, 5.74) is 2.86. The standard InChI is InChI=1S/C34H39N9O3/c1-4-15-42-31(45)25-11-10-24(19-28(25)43(42)22(2)3)36-33-35-20-26(29(38-33)37-27(21-44)23-8-6-5-7-9-23)30-39-32(40-46-30)34-12-16-41(17-13-34)18-14-34/h4-11,19-20,22,27,44H,1,12-18,21H2,2-3H3,(H2,35,36,37,38)/t27-/m1/s1. The van der Waals surface area contributed by atoms with Crippen LogP contribution in [0.25, 0.3) is 22.4 Å². The number of anilines is 3. The molecule has 3 aliphatic rings. The molecule has 0 unspecified atom stereocenters. The third-order valence-electron chi connectivity index (χ3n) is 9.35. The molecule has 12 heteroatoms. The number of benzene rings is 2. The van der Waals surface area contributed by atoms with E-state index in [1.54, 1.807) is 17.0 Å². The van der Waals surface area contributed by atoms with Crippen molar-refractivity contribution in [2.24, 2.45) is 0 Å². The lowest BCUT2D eigenvalue weighted by molar-refractivity contribution is 0.0747. The van der Waals surface area contributed by atoms with Crippen LogP contribution in [0, 0.1) is 0 Å². The Hall–Kier alpha value is -4.81.